The van der Waals surface area contributed by atoms with E-state index in [1.807, 2.05) is 12.1 Å². The van der Waals surface area contributed by atoms with Crippen LogP contribution in [0.15, 0.2) is 34.5 Å². The van der Waals surface area contributed by atoms with Crippen molar-refractivity contribution in [3.8, 4) is 0 Å². The first-order valence-electron chi connectivity index (χ1n) is 7.78. The Hall–Kier alpha value is -1.86. The lowest BCUT2D eigenvalue weighted by molar-refractivity contribution is -0.116. The van der Waals surface area contributed by atoms with Gasteiger partial charge >= 0.3 is 0 Å². The molecule has 2 heterocycles. The number of nitrogens with zero attached hydrogens (tertiary/aromatic N) is 4. The van der Waals surface area contributed by atoms with Crippen LogP contribution in [-0.4, -0.2) is 61.2 Å². The van der Waals surface area contributed by atoms with Gasteiger partial charge in [-0.25, -0.2) is 0 Å². The summed E-state index contributed by atoms with van der Waals surface area (Å²) in [6.07, 6.45) is 2.90. The zero-order chi connectivity index (χ0) is 16.1. The standard InChI is InChI=1S/C16H21N5OS/c1-20-7-2-8-21(10-9-20)14-5-3-13(4-6-14)11-17-19-16-18-15(22)12-23-16/h3-6,11H,2,7-10,12H2,1H3,(H,18,19,22). The van der Waals surface area contributed by atoms with Crippen molar-refractivity contribution in [1.82, 2.24) is 10.2 Å². The van der Waals surface area contributed by atoms with Gasteiger partial charge in [-0.15, -0.1) is 5.10 Å². The molecular formula is C16H21N5OS. The average Bonchev–Trinajstić information content (AvgIpc) is 2.84. The maximum absolute atomic E-state index is 11.0. The number of benzene rings is 1. The van der Waals surface area contributed by atoms with Gasteiger partial charge in [0.05, 0.1) is 12.0 Å². The number of anilines is 1. The van der Waals surface area contributed by atoms with Crippen molar-refractivity contribution in [3.05, 3.63) is 29.8 Å². The van der Waals surface area contributed by atoms with E-state index in [1.165, 1.54) is 23.9 Å². The van der Waals surface area contributed by atoms with Gasteiger partial charge in [-0.05, 0) is 37.7 Å². The van der Waals surface area contributed by atoms with E-state index in [4.69, 9.17) is 0 Å². The molecule has 3 rings (SSSR count). The second-order valence-corrected chi connectivity index (χ2v) is 6.69. The third-order valence-electron chi connectivity index (χ3n) is 3.92. The minimum Gasteiger partial charge on any atom is -0.370 e. The summed E-state index contributed by atoms with van der Waals surface area (Å²) in [5.74, 6) is 0.407. The first-order valence-corrected chi connectivity index (χ1v) is 8.76. The van der Waals surface area contributed by atoms with E-state index in [2.05, 4.69) is 44.5 Å². The molecule has 1 aromatic carbocycles. The zero-order valence-corrected chi connectivity index (χ0v) is 14.1. The lowest BCUT2D eigenvalue weighted by atomic mass is 10.2. The highest BCUT2D eigenvalue weighted by Gasteiger charge is 2.16. The quantitative estimate of drug-likeness (QED) is 0.671. The molecule has 0 atom stereocenters. The van der Waals surface area contributed by atoms with Gasteiger partial charge in [-0.3, -0.25) is 4.79 Å². The van der Waals surface area contributed by atoms with E-state index in [9.17, 15) is 4.79 Å². The number of carbonyl (C=O) groups excluding carboxylic acids is 1. The van der Waals surface area contributed by atoms with Crippen LogP contribution in [0.1, 0.15) is 12.0 Å². The molecule has 2 fully saturated rings. The van der Waals surface area contributed by atoms with Crippen LogP contribution in [0, 0.1) is 0 Å². The summed E-state index contributed by atoms with van der Waals surface area (Å²) in [4.78, 5) is 15.8. The van der Waals surface area contributed by atoms with Crippen LogP contribution in [0.25, 0.3) is 0 Å². The molecule has 0 aromatic heterocycles. The minimum atomic E-state index is -0.0172. The first-order chi connectivity index (χ1) is 11.2. The third kappa shape index (κ3) is 4.56. The maximum atomic E-state index is 11.0. The van der Waals surface area contributed by atoms with Crippen molar-refractivity contribution in [3.63, 3.8) is 0 Å². The minimum absolute atomic E-state index is 0.0172. The number of nitrogens with one attached hydrogen (secondary N) is 1. The van der Waals surface area contributed by atoms with Crippen molar-refractivity contribution < 1.29 is 4.79 Å². The molecule has 0 spiro atoms. The third-order valence-corrected chi connectivity index (χ3v) is 4.78. The van der Waals surface area contributed by atoms with Crippen LogP contribution in [0.3, 0.4) is 0 Å². The fraction of sp³-hybridized carbons (Fsp3) is 0.438. The molecule has 6 nitrogen and oxygen atoms in total. The van der Waals surface area contributed by atoms with Crippen LogP contribution in [0.4, 0.5) is 5.69 Å². The number of carbonyl (C=O) groups is 1. The van der Waals surface area contributed by atoms with E-state index in [1.54, 1.807) is 6.21 Å². The predicted molar refractivity (Wildman–Crippen MR) is 96.4 cm³/mol. The molecule has 0 bridgehead atoms. The number of thioether (sulfide) groups is 1. The summed E-state index contributed by atoms with van der Waals surface area (Å²) in [6, 6.07) is 8.36. The summed E-state index contributed by atoms with van der Waals surface area (Å²) >= 11 is 1.37. The average molecular weight is 331 g/mol. The number of hydrogen-bond donors (Lipinski definition) is 1. The highest BCUT2D eigenvalue weighted by molar-refractivity contribution is 8.15. The van der Waals surface area contributed by atoms with Crippen molar-refractivity contribution >= 4 is 34.7 Å². The van der Waals surface area contributed by atoms with Crippen molar-refractivity contribution in [2.45, 2.75) is 6.42 Å². The molecule has 23 heavy (non-hydrogen) atoms. The molecule has 2 aliphatic rings. The van der Waals surface area contributed by atoms with Crippen LogP contribution in [0.5, 0.6) is 0 Å². The number of amidine groups is 1. The Morgan fingerprint density at radius 2 is 2.00 bits per heavy atom. The summed E-state index contributed by atoms with van der Waals surface area (Å²) in [5.41, 5.74) is 2.25. The molecule has 0 radical (unpaired) electrons. The van der Waals surface area contributed by atoms with Gasteiger partial charge in [0.25, 0.3) is 0 Å². The first kappa shape index (κ1) is 16.0. The topological polar surface area (TPSA) is 60.3 Å². The van der Waals surface area contributed by atoms with Crippen LogP contribution in [-0.2, 0) is 4.79 Å². The molecule has 1 amide bonds. The van der Waals surface area contributed by atoms with Gasteiger partial charge in [-0.2, -0.15) is 5.10 Å². The Kier molecular flexibility index (Phi) is 5.30. The molecule has 1 aromatic rings. The number of hydrogen-bond acceptors (Lipinski definition) is 6. The van der Waals surface area contributed by atoms with Crippen LogP contribution >= 0.6 is 11.8 Å². The highest BCUT2D eigenvalue weighted by atomic mass is 32.2. The lowest BCUT2D eigenvalue weighted by Crippen LogP contribution is -2.28. The molecule has 0 saturated carbocycles. The lowest BCUT2D eigenvalue weighted by Gasteiger charge is -2.22. The summed E-state index contributed by atoms with van der Waals surface area (Å²) < 4.78 is 0. The van der Waals surface area contributed by atoms with E-state index >= 15 is 0 Å². The van der Waals surface area contributed by atoms with Gasteiger partial charge in [0.15, 0.2) is 5.17 Å². The Labute approximate surface area is 140 Å². The molecule has 122 valence electrons. The van der Waals surface area contributed by atoms with Gasteiger partial charge in [-0.1, -0.05) is 23.9 Å². The molecule has 0 aliphatic carbocycles. The van der Waals surface area contributed by atoms with Crippen molar-refractivity contribution in [1.29, 1.82) is 0 Å². The Balaban J connectivity index is 1.59. The van der Waals surface area contributed by atoms with E-state index < -0.39 is 0 Å². The Morgan fingerprint density at radius 3 is 2.74 bits per heavy atom. The number of amides is 1. The number of rotatable bonds is 3. The van der Waals surface area contributed by atoms with E-state index in [0.717, 1.165) is 31.7 Å². The van der Waals surface area contributed by atoms with Gasteiger partial charge < -0.3 is 15.1 Å². The predicted octanol–water partition coefficient (Wildman–Crippen LogP) is 1.38. The van der Waals surface area contributed by atoms with Gasteiger partial charge in [0.2, 0.25) is 5.91 Å². The van der Waals surface area contributed by atoms with Crippen molar-refractivity contribution in [2.75, 3.05) is 43.9 Å². The smallest absolute Gasteiger partial charge is 0.236 e. The van der Waals surface area contributed by atoms with Crippen LogP contribution < -0.4 is 10.2 Å². The summed E-state index contributed by atoms with van der Waals surface area (Å²) in [7, 11) is 2.18. The second-order valence-electron chi connectivity index (χ2n) is 5.72. The molecule has 1 N–H and O–H groups in total. The second kappa shape index (κ2) is 7.61. The fourth-order valence-electron chi connectivity index (χ4n) is 2.60. The molecule has 2 aliphatic heterocycles. The largest absolute Gasteiger partial charge is 0.370 e. The highest BCUT2D eigenvalue weighted by Crippen LogP contribution is 2.17. The van der Waals surface area contributed by atoms with E-state index in [-0.39, 0.29) is 5.91 Å². The number of likely N-dealkylation sites (N-methyl/N-ethyl adjacent to an activating group) is 1. The van der Waals surface area contributed by atoms with Crippen LogP contribution in [0.2, 0.25) is 0 Å². The zero-order valence-electron chi connectivity index (χ0n) is 13.2. The molecule has 2 saturated heterocycles. The van der Waals surface area contributed by atoms with Crippen molar-refractivity contribution in [2.24, 2.45) is 10.2 Å². The summed E-state index contributed by atoms with van der Waals surface area (Å²) in [6.45, 7) is 4.43. The molecule has 7 heteroatoms. The van der Waals surface area contributed by atoms with Gasteiger partial charge in [0, 0.05) is 25.3 Å². The SMILES string of the molecule is CN1CCCN(c2ccc(C=NN=C3NC(=O)CS3)cc2)CC1. The monoisotopic (exact) mass is 331 g/mol. The summed E-state index contributed by atoms with van der Waals surface area (Å²) in [5, 5.41) is 11.3. The maximum Gasteiger partial charge on any atom is 0.236 e. The Morgan fingerprint density at radius 1 is 1.17 bits per heavy atom. The molecule has 0 unspecified atom stereocenters. The fourth-order valence-corrected chi connectivity index (χ4v) is 3.23. The Bertz CT molecular complexity index is 613. The van der Waals surface area contributed by atoms with E-state index in [0.29, 0.717) is 10.9 Å². The van der Waals surface area contributed by atoms with Gasteiger partial charge in [0.1, 0.15) is 0 Å². The normalized spacial score (nSPS) is 21.9. The molecular weight excluding hydrogens is 310 g/mol.